The lowest BCUT2D eigenvalue weighted by Crippen LogP contribution is -2.55. The molecule has 1 aromatic rings. The number of halogens is 1. The van der Waals surface area contributed by atoms with Crippen molar-refractivity contribution in [2.45, 2.75) is 38.3 Å². The summed E-state index contributed by atoms with van der Waals surface area (Å²) >= 11 is 0. The molecule has 1 aliphatic heterocycles. The van der Waals surface area contributed by atoms with Gasteiger partial charge in [-0.15, -0.1) is 0 Å². The number of nitrogens with one attached hydrogen (secondary N) is 1. The number of rotatable bonds is 3. The number of ether oxygens (including phenoxy) is 1. The van der Waals surface area contributed by atoms with Crippen LogP contribution in [0.25, 0.3) is 0 Å². The van der Waals surface area contributed by atoms with E-state index in [0.29, 0.717) is 0 Å². The molecule has 1 aromatic carbocycles. The van der Waals surface area contributed by atoms with Crippen LogP contribution in [0.15, 0.2) is 29.3 Å². The molecule has 27 heavy (non-hydrogen) atoms. The molecule has 0 bridgehead atoms. The van der Waals surface area contributed by atoms with E-state index in [2.05, 4.69) is 10.3 Å². The molecule has 10 heteroatoms. The van der Waals surface area contributed by atoms with Crippen molar-refractivity contribution in [1.29, 1.82) is 0 Å². The number of aliphatic hydroxyl groups excluding tert-OH is 1. The third-order valence-electron chi connectivity index (χ3n) is 3.97. The van der Waals surface area contributed by atoms with Gasteiger partial charge in [-0.25, -0.2) is 26.9 Å². The van der Waals surface area contributed by atoms with E-state index in [0.717, 1.165) is 4.31 Å². The normalized spacial score (nSPS) is 22.1. The molecule has 0 saturated carbocycles. The summed E-state index contributed by atoms with van der Waals surface area (Å²) in [4.78, 5) is 16.4. The third-order valence-corrected chi connectivity index (χ3v) is 5.82. The maximum absolute atomic E-state index is 14.4. The summed E-state index contributed by atoms with van der Waals surface area (Å²) in [6.45, 7) is 4.55. The van der Waals surface area contributed by atoms with E-state index in [1.165, 1.54) is 25.2 Å². The lowest BCUT2D eigenvalue weighted by Gasteiger charge is -2.38. The molecule has 8 nitrogen and oxygen atoms in total. The van der Waals surface area contributed by atoms with E-state index in [1.807, 2.05) is 0 Å². The van der Waals surface area contributed by atoms with Crippen molar-refractivity contribution < 1.29 is 27.4 Å². The fourth-order valence-corrected chi connectivity index (χ4v) is 4.27. The first kappa shape index (κ1) is 21.1. The monoisotopic (exact) mass is 401 g/mol. The Bertz CT molecular complexity index is 850. The second-order valence-electron chi connectivity index (χ2n) is 7.27. The maximum atomic E-state index is 14.4. The van der Waals surface area contributed by atoms with Crippen LogP contribution in [-0.4, -0.2) is 54.9 Å². The van der Waals surface area contributed by atoms with Crippen LogP contribution in [0.2, 0.25) is 0 Å². The van der Waals surface area contributed by atoms with Gasteiger partial charge in [0.25, 0.3) is 0 Å². The predicted molar refractivity (Wildman–Crippen MR) is 98.1 cm³/mol. The lowest BCUT2D eigenvalue weighted by atomic mass is 9.88. The Morgan fingerprint density at radius 3 is 2.59 bits per heavy atom. The zero-order valence-corrected chi connectivity index (χ0v) is 16.5. The van der Waals surface area contributed by atoms with Crippen molar-refractivity contribution in [2.24, 2.45) is 4.99 Å². The van der Waals surface area contributed by atoms with Gasteiger partial charge in [-0.3, -0.25) is 5.32 Å². The van der Waals surface area contributed by atoms with Gasteiger partial charge in [0.2, 0.25) is 16.0 Å². The molecule has 1 heterocycles. The SMILES string of the molecule is CN1C(NC(=O)OC(C)(C)C)=NC(CCO)(c2ccccc2F)CS1(=O)=O. The molecule has 2 N–H and O–H groups in total. The first-order valence-corrected chi connectivity index (χ1v) is 9.93. The number of amides is 1. The van der Waals surface area contributed by atoms with Gasteiger partial charge in [-0.05, 0) is 26.8 Å². The number of hydrogen-bond acceptors (Lipinski definition) is 6. The molecule has 0 saturated heterocycles. The zero-order chi connectivity index (χ0) is 20.5. The third kappa shape index (κ3) is 4.75. The molecule has 1 unspecified atom stereocenters. The average Bonchev–Trinajstić information content (AvgIpc) is 2.50. The molecule has 0 aromatic heterocycles. The topological polar surface area (TPSA) is 108 Å². The number of hydrogen-bond donors (Lipinski definition) is 2. The highest BCUT2D eigenvalue weighted by Crippen LogP contribution is 2.36. The molecule has 0 aliphatic carbocycles. The van der Waals surface area contributed by atoms with Gasteiger partial charge in [0.1, 0.15) is 17.0 Å². The summed E-state index contributed by atoms with van der Waals surface area (Å²) in [6, 6.07) is 5.63. The van der Waals surface area contributed by atoms with E-state index < -0.39 is 45.4 Å². The first-order chi connectivity index (χ1) is 12.4. The summed E-state index contributed by atoms with van der Waals surface area (Å²) in [7, 11) is -2.71. The van der Waals surface area contributed by atoms with Gasteiger partial charge < -0.3 is 9.84 Å². The van der Waals surface area contributed by atoms with Crippen LogP contribution in [0.5, 0.6) is 0 Å². The first-order valence-electron chi connectivity index (χ1n) is 8.32. The van der Waals surface area contributed by atoms with Gasteiger partial charge in [-0.1, -0.05) is 18.2 Å². The Labute approximate surface area is 158 Å². The molecule has 0 radical (unpaired) electrons. The second kappa shape index (κ2) is 7.43. The van der Waals surface area contributed by atoms with Crippen LogP contribution in [0.4, 0.5) is 9.18 Å². The summed E-state index contributed by atoms with van der Waals surface area (Å²) in [6.07, 6.45) is -1.03. The van der Waals surface area contributed by atoms with Gasteiger partial charge in [0.15, 0.2) is 0 Å². The quantitative estimate of drug-likeness (QED) is 0.799. The highest BCUT2D eigenvalue weighted by molar-refractivity contribution is 7.89. The van der Waals surface area contributed by atoms with E-state index in [9.17, 15) is 22.7 Å². The largest absolute Gasteiger partial charge is 0.444 e. The van der Waals surface area contributed by atoms with Crippen molar-refractivity contribution in [3.8, 4) is 0 Å². The van der Waals surface area contributed by atoms with Gasteiger partial charge in [-0.2, -0.15) is 0 Å². The van der Waals surface area contributed by atoms with Crippen molar-refractivity contribution in [3.05, 3.63) is 35.6 Å². The molecular weight excluding hydrogens is 377 g/mol. The fourth-order valence-electron chi connectivity index (χ4n) is 2.76. The maximum Gasteiger partial charge on any atom is 0.414 e. The molecule has 0 fully saturated rings. The van der Waals surface area contributed by atoms with E-state index >= 15 is 0 Å². The van der Waals surface area contributed by atoms with Crippen molar-refractivity contribution >= 4 is 22.1 Å². The Morgan fingerprint density at radius 1 is 1.41 bits per heavy atom. The van der Waals surface area contributed by atoms with Crippen LogP contribution in [0.3, 0.4) is 0 Å². The number of carbonyl (C=O) groups is 1. The summed E-state index contributed by atoms with van der Waals surface area (Å²) in [5, 5.41) is 11.8. The van der Waals surface area contributed by atoms with Crippen LogP contribution in [0.1, 0.15) is 32.8 Å². The van der Waals surface area contributed by atoms with E-state index in [1.54, 1.807) is 26.8 Å². The van der Waals surface area contributed by atoms with Gasteiger partial charge >= 0.3 is 6.09 Å². The number of alkyl carbamates (subject to hydrolysis) is 1. The van der Waals surface area contributed by atoms with Crippen LogP contribution in [0, 0.1) is 5.82 Å². The zero-order valence-electron chi connectivity index (χ0n) is 15.7. The second-order valence-corrected chi connectivity index (χ2v) is 9.27. The summed E-state index contributed by atoms with van der Waals surface area (Å²) in [5.41, 5.74) is -2.35. The fraction of sp³-hybridized carbons (Fsp3) is 0.529. The predicted octanol–water partition coefficient (Wildman–Crippen LogP) is 1.56. The van der Waals surface area contributed by atoms with E-state index in [-0.39, 0.29) is 17.9 Å². The number of nitrogens with zero attached hydrogens (tertiary/aromatic N) is 2. The van der Waals surface area contributed by atoms with Crippen LogP contribution >= 0.6 is 0 Å². The van der Waals surface area contributed by atoms with Gasteiger partial charge in [0.05, 0.1) is 5.75 Å². The van der Waals surface area contributed by atoms with Crippen LogP contribution < -0.4 is 5.32 Å². The lowest BCUT2D eigenvalue weighted by molar-refractivity contribution is 0.0559. The summed E-state index contributed by atoms with van der Waals surface area (Å²) in [5.74, 6) is -1.49. The number of carbonyl (C=O) groups excluding carboxylic acids is 1. The standard InChI is InChI=1S/C17H24FN3O5S/c1-16(2,3)26-15(23)19-14-20-17(9-10-22,11-27(24,25)21(14)4)12-7-5-6-8-13(12)18/h5-8,22H,9-11H2,1-4H3,(H,19,20,23). The average molecular weight is 401 g/mol. The molecule has 1 amide bonds. The molecule has 150 valence electrons. The number of sulfonamides is 1. The Hall–Kier alpha value is -2.20. The van der Waals surface area contributed by atoms with E-state index in [4.69, 9.17) is 4.74 Å². The van der Waals surface area contributed by atoms with Crippen molar-refractivity contribution in [2.75, 3.05) is 19.4 Å². The smallest absolute Gasteiger partial charge is 0.414 e. The number of guanidine groups is 1. The Kier molecular flexibility index (Phi) is 5.81. The number of benzene rings is 1. The Balaban J connectivity index is 2.55. The molecule has 1 aliphatic rings. The highest BCUT2D eigenvalue weighted by Gasteiger charge is 2.45. The molecule has 2 rings (SSSR count). The Morgan fingerprint density at radius 2 is 2.04 bits per heavy atom. The summed E-state index contributed by atoms with van der Waals surface area (Å²) < 4.78 is 45.7. The van der Waals surface area contributed by atoms with Crippen molar-refractivity contribution in [3.63, 3.8) is 0 Å². The molecule has 0 spiro atoms. The number of aliphatic imine (C=N–C) groups is 1. The highest BCUT2D eigenvalue weighted by atomic mass is 32.2. The molecular formula is C17H24FN3O5S. The minimum Gasteiger partial charge on any atom is -0.444 e. The van der Waals surface area contributed by atoms with Crippen molar-refractivity contribution in [1.82, 2.24) is 9.62 Å². The minimum absolute atomic E-state index is 0.0270. The number of aliphatic hydroxyl groups is 1. The van der Waals surface area contributed by atoms with Crippen LogP contribution in [-0.2, 0) is 20.3 Å². The van der Waals surface area contributed by atoms with Gasteiger partial charge in [0, 0.05) is 25.6 Å². The molecule has 1 atom stereocenters. The minimum atomic E-state index is -3.94.